The van der Waals surface area contributed by atoms with Crippen LogP contribution in [0.5, 0.6) is 0 Å². The zero-order chi connectivity index (χ0) is 11.7. The van der Waals surface area contributed by atoms with Gasteiger partial charge < -0.3 is 5.73 Å². The second-order valence-electron chi connectivity index (χ2n) is 5.63. The quantitative estimate of drug-likeness (QED) is 0.886. The molecular weight excluding hydrogens is 226 g/mol. The van der Waals surface area contributed by atoms with Crippen LogP contribution in [0.4, 0.5) is 0 Å². The minimum Gasteiger partial charge on any atom is -0.330 e. The van der Waals surface area contributed by atoms with Gasteiger partial charge in [0.05, 0.1) is 0 Å². The Balaban J connectivity index is 1.79. The van der Waals surface area contributed by atoms with Gasteiger partial charge in [0.1, 0.15) is 0 Å². The van der Waals surface area contributed by atoms with Crippen LogP contribution in [0.25, 0.3) is 0 Å². The molecule has 0 spiro atoms. The zero-order valence-electron chi connectivity index (χ0n) is 10.4. The Kier molecular flexibility index (Phi) is 3.18. The minimum absolute atomic E-state index is 0.441. The van der Waals surface area contributed by atoms with Crippen LogP contribution in [0.3, 0.4) is 0 Å². The summed E-state index contributed by atoms with van der Waals surface area (Å²) in [6.07, 6.45) is 7.83. The summed E-state index contributed by atoms with van der Waals surface area (Å²) in [5.41, 5.74) is 9.48. The molecule has 0 radical (unpaired) electrons. The average Bonchev–Trinajstić information content (AvgIpc) is 2.34. The third kappa shape index (κ3) is 2.25. The van der Waals surface area contributed by atoms with Gasteiger partial charge in [-0.3, -0.25) is 0 Å². The molecule has 0 aromatic heterocycles. The summed E-state index contributed by atoms with van der Waals surface area (Å²) in [7, 11) is 0. The molecule has 3 rings (SSSR count). The summed E-state index contributed by atoms with van der Waals surface area (Å²) in [6, 6.07) is 7.10. The Labute approximate surface area is 108 Å². The lowest BCUT2D eigenvalue weighted by molar-refractivity contribution is 0.145. The first-order valence-corrected chi connectivity index (χ1v) is 7.75. The molecule has 92 valence electrons. The van der Waals surface area contributed by atoms with Crippen molar-refractivity contribution in [2.75, 3.05) is 12.3 Å². The second kappa shape index (κ2) is 4.66. The van der Waals surface area contributed by atoms with Crippen molar-refractivity contribution in [1.29, 1.82) is 0 Å². The molecule has 0 saturated heterocycles. The van der Waals surface area contributed by atoms with Gasteiger partial charge in [-0.25, -0.2) is 0 Å². The van der Waals surface area contributed by atoms with Crippen LogP contribution in [0.15, 0.2) is 23.1 Å². The fraction of sp³-hybridized carbons (Fsp3) is 0.600. The van der Waals surface area contributed by atoms with Crippen LogP contribution < -0.4 is 5.73 Å². The first kappa shape index (κ1) is 11.6. The van der Waals surface area contributed by atoms with E-state index in [1.54, 1.807) is 5.56 Å². The van der Waals surface area contributed by atoms with Crippen molar-refractivity contribution in [3.8, 4) is 0 Å². The van der Waals surface area contributed by atoms with Gasteiger partial charge in [-0.05, 0) is 67.0 Å². The van der Waals surface area contributed by atoms with Crippen molar-refractivity contribution in [3.05, 3.63) is 29.3 Å². The third-order valence-electron chi connectivity index (χ3n) is 4.40. The number of rotatable bonds is 3. The number of fused-ring (bicyclic) bond motifs is 1. The third-order valence-corrected chi connectivity index (χ3v) is 5.60. The molecule has 1 saturated carbocycles. The first-order valence-electron chi connectivity index (χ1n) is 6.76. The number of aryl methyl sites for hydroxylation is 1. The average molecular weight is 247 g/mol. The van der Waals surface area contributed by atoms with Crippen molar-refractivity contribution in [2.24, 2.45) is 11.1 Å². The van der Waals surface area contributed by atoms with E-state index in [1.807, 2.05) is 11.8 Å². The van der Waals surface area contributed by atoms with Gasteiger partial charge in [-0.2, -0.15) is 0 Å². The minimum atomic E-state index is 0.441. The summed E-state index contributed by atoms with van der Waals surface area (Å²) >= 11 is 2.02. The van der Waals surface area contributed by atoms with E-state index in [9.17, 15) is 0 Å². The molecule has 1 aliphatic carbocycles. The predicted octanol–water partition coefficient (Wildman–Crippen LogP) is 3.40. The maximum atomic E-state index is 5.95. The van der Waals surface area contributed by atoms with Gasteiger partial charge in [0.15, 0.2) is 0 Å². The highest BCUT2D eigenvalue weighted by Gasteiger charge is 2.35. The van der Waals surface area contributed by atoms with Crippen molar-refractivity contribution >= 4 is 11.8 Å². The van der Waals surface area contributed by atoms with E-state index < -0.39 is 0 Å². The predicted molar refractivity (Wildman–Crippen MR) is 74.5 cm³/mol. The summed E-state index contributed by atoms with van der Waals surface area (Å²) in [5.74, 6) is 1.29. The molecule has 2 aliphatic rings. The monoisotopic (exact) mass is 247 g/mol. The molecule has 1 heterocycles. The van der Waals surface area contributed by atoms with Gasteiger partial charge in [0.25, 0.3) is 0 Å². The molecule has 1 fully saturated rings. The Morgan fingerprint density at radius 3 is 2.82 bits per heavy atom. The van der Waals surface area contributed by atoms with Crippen molar-refractivity contribution in [1.82, 2.24) is 0 Å². The molecule has 1 nitrogen and oxygen atoms in total. The number of hydrogen-bond acceptors (Lipinski definition) is 2. The van der Waals surface area contributed by atoms with Crippen molar-refractivity contribution < 1.29 is 0 Å². The van der Waals surface area contributed by atoms with E-state index in [2.05, 4.69) is 18.2 Å². The molecule has 17 heavy (non-hydrogen) atoms. The largest absolute Gasteiger partial charge is 0.330 e. The molecule has 2 heteroatoms. The molecule has 1 aromatic carbocycles. The van der Waals surface area contributed by atoms with E-state index in [0.717, 1.165) is 6.54 Å². The molecule has 0 bridgehead atoms. The lowest BCUT2D eigenvalue weighted by Crippen LogP contribution is -2.39. The first-order chi connectivity index (χ1) is 8.31. The van der Waals surface area contributed by atoms with Crippen LogP contribution in [0.2, 0.25) is 0 Å². The highest BCUT2D eigenvalue weighted by Crippen LogP contribution is 2.43. The van der Waals surface area contributed by atoms with Gasteiger partial charge >= 0.3 is 0 Å². The number of thioether (sulfide) groups is 1. The number of benzene rings is 1. The molecule has 0 atom stereocenters. The van der Waals surface area contributed by atoms with E-state index in [-0.39, 0.29) is 0 Å². The SMILES string of the molecule is NCC1(Cc2ccc3c(c2)CCCS3)CCC1. The molecule has 1 aliphatic heterocycles. The molecule has 0 amide bonds. The number of hydrogen-bond donors (Lipinski definition) is 1. The number of nitrogens with two attached hydrogens (primary N) is 1. The van der Waals surface area contributed by atoms with Gasteiger partial charge in [-0.1, -0.05) is 18.6 Å². The van der Waals surface area contributed by atoms with Crippen LogP contribution in [0, 0.1) is 5.41 Å². The highest BCUT2D eigenvalue weighted by atomic mass is 32.2. The molecule has 1 aromatic rings. The molecular formula is C15H21NS. The lowest BCUT2D eigenvalue weighted by atomic mass is 9.65. The Hall–Kier alpha value is -0.470. The maximum Gasteiger partial charge on any atom is 0.0104 e. The Bertz CT molecular complexity index is 404. The second-order valence-corrected chi connectivity index (χ2v) is 6.77. The van der Waals surface area contributed by atoms with Crippen molar-refractivity contribution in [2.45, 2.75) is 43.4 Å². The normalized spacial score (nSPS) is 21.7. The van der Waals surface area contributed by atoms with Crippen LogP contribution in [0.1, 0.15) is 36.8 Å². The van der Waals surface area contributed by atoms with Gasteiger partial charge in [0, 0.05) is 4.90 Å². The van der Waals surface area contributed by atoms with E-state index >= 15 is 0 Å². The summed E-state index contributed by atoms with van der Waals surface area (Å²) in [5, 5.41) is 0. The summed E-state index contributed by atoms with van der Waals surface area (Å²) < 4.78 is 0. The van der Waals surface area contributed by atoms with Crippen LogP contribution >= 0.6 is 11.8 Å². The lowest BCUT2D eigenvalue weighted by Gasteiger charge is -2.41. The van der Waals surface area contributed by atoms with E-state index in [0.29, 0.717) is 5.41 Å². The Morgan fingerprint density at radius 2 is 2.12 bits per heavy atom. The summed E-state index contributed by atoms with van der Waals surface area (Å²) in [6.45, 7) is 0.860. The Morgan fingerprint density at radius 1 is 1.24 bits per heavy atom. The standard InChI is InChI=1S/C15H21NS/c16-11-15(6-2-7-15)10-12-4-5-14-13(9-12)3-1-8-17-14/h4-5,9H,1-3,6-8,10-11,16H2. The van der Waals surface area contributed by atoms with Gasteiger partial charge in [0.2, 0.25) is 0 Å². The van der Waals surface area contributed by atoms with Gasteiger partial charge in [-0.15, -0.1) is 11.8 Å². The zero-order valence-corrected chi connectivity index (χ0v) is 11.2. The fourth-order valence-corrected chi connectivity index (χ4v) is 4.11. The topological polar surface area (TPSA) is 26.0 Å². The fourth-order valence-electron chi connectivity index (χ4n) is 3.09. The summed E-state index contributed by atoms with van der Waals surface area (Å²) in [4.78, 5) is 1.51. The van der Waals surface area contributed by atoms with Crippen LogP contribution in [-0.4, -0.2) is 12.3 Å². The molecule has 0 unspecified atom stereocenters. The maximum absolute atomic E-state index is 5.95. The van der Waals surface area contributed by atoms with Crippen molar-refractivity contribution in [3.63, 3.8) is 0 Å². The highest BCUT2D eigenvalue weighted by molar-refractivity contribution is 7.99. The van der Waals surface area contributed by atoms with Crippen LogP contribution in [-0.2, 0) is 12.8 Å². The molecule has 2 N–H and O–H groups in total. The van der Waals surface area contributed by atoms with E-state index in [4.69, 9.17) is 5.73 Å². The smallest absolute Gasteiger partial charge is 0.0104 e. The van der Waals surface area contributed by atoms with E-state index in [1.165, 1.54) is 54.7 Å².